The van der Waals surface area contributed by atoms with Crippen LogP contribution in [0.3, 0.4) is 0 Å². The minimum atomic E-state index is -0.444. The van der Waals surface area contributed by atoms with Gasteiger partial charge in [0.15, 0.2) is 5.78 Å². The Morgan fingerprint density at radius 2 is 2.15 bits per heavy atom. The van der Waals surface area contributed by atoms with Crippen LogP contribution in [0, 0.1) is 22.2 Å². The van der Waals surface area contributed by atoms with Gasteiger partial charge in [-0.15, -0.1) is 0 Å². The standard InChI is InChI=1S/C16H17N3O/c1-15(2)9-16(6-12(7-17)14(15)20)10-19(11-16)13-4-3-5-18-8-13/h3-6,8H,9-11H2,1-2H3. The van der Waals surface area contributed by atoms with Crippen LogP contribution in [0.15, 0.2) is 36.2 Å². The van der Waals surface area contributed by atoms with E-state index in [0.29, 0.717) is 5.57 Å². The van der Waals surface area contributed by atoms with Gasteiger partial charge in [0.25, 0.3) is 0 Å². The van der Waals surface area contributed by atoms with Gasteiger partial charge in [-0.05, 0) is 18.6 Å². The molecule has 2 heterocycles. The number of nitrogens with zero attached hydrogens (tertiary/aromatic N) is 3. The zero-order chi connectivity index (χ0) is 14.4. The van der Waals surface area contributed by atoms with Gasteiger partial charge in [0.2, 0.25) is 0 Å². The first-order valence-corrected chi connectivity index (χ1v) is 6.79. The number of Topliss-reactive ketones (excluding diaryl/α,β-unsaturated/α-hetero) is 1. The molecule has 3 rings (SSSR count). The molecule has 4 heteroatoms. The van der Waals surface area contributed by atoms with Gasteiger partial charge in [-0.1, -0.05) is 19.9 Å². The minimum Gasteiger partial charge on any atom is -0.368 e. The SMILES string of the molecule is CC1(C)CC2(C=C(C#N)C1=O)CN(c1cccnc1)C2. The summed E-state index contributed by atoms with van der Waals surface area (Å²) in [6.45, 7) is 5.57. The molecule has 2 aliphatic rings. The van der Waals surface area contributed by atoms with E-state index in [9.17, 15) is 4.79 Å². The van der Waals surface area contributed by atoms with Crippen LogP contribution in [-0.4, -0.2) is 23.9 Å². The van der Waals surface area contributed by atoms with Gasteiger partial charge < -0.3 is 4.90 Å². The minimum absolute atomic E-state index is 0.0227. The molecular weight excluding hydrogens is 250 g/mol. The van der Waals surface area contributed by atoms with E-state index in [1.807, 2.05) is 38.3 Å². The zero-order valence-electron chi connectivity index (χ0n) is 11.8. The normalized spacial score (nSPS) is 22.9. The first kappa shape index (κ1) is 12.9. The van der Waals surface area contributed by atoms with E-state index in [1.54, 1.807) is 6.20 Å². The fourth-order valence-corrected chi connectivity index (χ4v) is 3.47. The van der Waals surface area contributed by atoms with Gasteiger partial charge in [0.1, 0.15) is 6.07 Å². The molecule has 0 unspecified atom stereocenters. The molecule has 4 nitrogen and oxygen atoms in total. The lowest BCUT2D eigenvalue weighted by molar-refractivity contribution is -0.125. The monoisotopic (exact) mass is 267 g/mol. The Morgan fingerprint density at radius 3 is 2.75 bits per heavy atom. The maximum absolute atomic E-state index is 12.1. The number of hydrogen-bond acceptors (Lipinski definition) is 4. The van der Waals surface area contributed by atoms with E-state index >= 15 is 0 Å². The first-order chi connectivity index (χ1) is 9.46. The molecule has 1 aliphatic carbocycles. The Morgan fingerprint density at radius 1 is 1.40 bits per heavy atom. The summed E-state index contributed by atoms with van der Waals surface area (Å²) in [5, 5.41) is 9.17. The maximum Gasteiger partial charge on any atom is 0.178 e. The number of carbonyl (C=O) groups is 1. The Bertz CT molecular complexity index is 619. The number of ketones is 1. The number of carbonyl (C=O) groups excluding carboxylic acids is 1. The fourth-order valence-electron chi connectivity index (χ4n) is 3.47. The topological polar surface area (TPSA) is 57.0 Å². The van der Waals surface area contributed by atoms with Crippen molar-refractivity contribution in [3.8, 4) is 6.07 Å². The van der Waals surface area contributed by atoms with Gasteiger partial charge in [-0.3, -0.25) is 9.78 Å². The van der Waals surface area contributed by atoms with E-state index in [0.717, 1.165) is 25.2 Å². The van der Waals surface area contributed by atoms with Crippen LogP contribution in [0.25, 0.3) is 0 Å². The summed E-state index contributed by atoms with van der Waals surface area (Å²) in [7, 11) is 0. The van der Waals surface area contributed by atoms with Crippen molar-refractivity contribution < 1.29 is 4.79 Å². The number of pyridine rings is 1. The number of hydrogen-bond donors (Lipinski definition) is 0. The third-order valence-electron chi connectivity index (χ3n) is 4.25. The van der Waals surface area contributed by atoms with Crippen LogP contribution in [0.5, 0.6) is 0 Å². The van der Waals surface area contributed by atoms with Gasteiger partial charge in [-0.25, -0.2) is 0 Å². The van der Waals surface area contributed by atoms with E-state index in [1.165, 1.54) is 0 Å². The highest BCUT2D eigenvalue weighted by molar-refractivity contribution is 6.03. The van der Waals surface area contributed by atoms with E-state index in [-0.39, 0.29) is 11.2 Å². The fraction of sp³-hybridized carbons (Fsp3) is 0.438. The molecule has 1 aromatic rings. The summed E-state index contributed by atoms with van der Waals surface area (Å²) in [5.74, 6) is -0.0227. The molecule has 20 heavy (non-hydrogen) atoms. The number of aromatic nitrogens is 1. The quantitative estimate of drug-likeness (QED) is 0.783. The van der Waals surface area contributed by atoms with Crippen LogP contribution < -0.4 is 4.90 Å². The Balaban J connectivity index is 1.85. The summed E-state index contributed by atoms with van der Waals surface area (Å²) < 4.78 is 0. The predicted octanol–water partition coefficient (Wildman–Crippen LogP) is 2.34. The Kier molecular flexibility index (Phi) is 2.68. The smallest absolute Gasteiger partial charge is 0.178 e. The molecular formula is C16H17N3O. The van der Waals surface area contributed by atoms with Crippen molar-refractivity contribution in [2.24, 2.45) is 10.8 Å². The lowest BCUT2D eigenvalue weighted by atomic mass is 9.61. The van der Waals surface area contributed by atoms with Crippen LogP contribution >= 0.6 is 0 Å². The average molecular weight is 267 g/mol. The molecule has 0 radical (unpaired) electrons. The highest BCUT2D eigenvalue weighted by atomic mass is 16.1. The Labute approximate surface area is 118 Å². The number of anilines is 1. The highest BCUT2D eigenvalue weighted by Crippen LogP contribution is 2.48. The summed E-state index contributed by atoms with van der Waals surface area (Å²) in [5.41, 5.74) is 0.936. The molecule has 1 fully saturated rings. The maximum atomic E-state index is 12.1. The third kappa shape index (κ3) is 1.90. The second-order valence-corrected chi connectivity index (χ2v) is 6.49. The van der Waals surface area contributed by atoms with Crippen molar-refractivity contribution >= 4 is 11.5 Å². The van der Waals surface area contributed by atoms with Crippen molar-refractivity contribution in [1.82, 2.24) is 4.98 Å². The number of rotatable bonds is 1. The molecule has 1 spiro atoms. The molecule has 1 aromatic heterocycles. The molecule has 0 atom stereocenters. The van der Waals surface area contributed by atoms with Gasteiger partial charge >= 0.3 is 0 Å². The van der Waals surface area contributed by atoms with Crippen LogP contribution in [0.4, 0.5) is 5.69 Å². The number of allylic oxidation sites excluding steroid dienone is 1. The van der Waals surface area contributed by atoms with Crippen molar-refractivity contribution in [3.63, 3.8) is 0 Å². The van der Waals surface area contributed by atoms with Crippen molar-refractivity contribution in [2.45, 2.75) is 20.3 Å². The molecule has 0 bridgehead atoms. The summed E-state index contributed by atoms with van der Waals surface area (Å²) >= 11 is 0. The second-order valence-electron chi connectivity index (χ2n) is 6.49. The lowest BCUT2D eigenvalue weighted by Gasteiger charge is -2.54. The molecule has 1 aliphatic heterocycles. The third-order valence-corrected chi connectivity index (χ3v) is 4.25. The van der Waals surface area contributed by atoms with E-state index in [4.69, 9.17) is 5.26 Å². The summed E-state index contributed by atoms with van der Waals surface area (Å²) in [6.07, 6.45) is 6.31. The van der Waals surface area contributed by atoms with Gasteiger partial charge in [0.05, 0.1) is 17.5 Å². The van der Waals surface area contributed by atoms with Gasteiger partial charge in [-0.2, -0.15) is 5.26 Å². The van der Waals surface area contributed by atoms with E-state index < -0.39 is 5.41 Å². The lowest BCUT2D eigenvalue weighted by Crippen LogP contribution is -2.59. The van der Waals surface area contributed by atoms with Crippen molar-refractivity contribution in [1.29, 1.82) is 5.26 Å². The largest absolute Gasteiger partial charge is 0.368 e. The zero-order valence-corrected chi connectivity index (χ0v) is 11.8. The summed E-state index contributed by atoms with van der Waals surface area (Å²) in [4.78, 5) is 18.5. The van der Waals surface area contributed by atoms with E-state index in [2.05, 4.69) is 16.0 Å². The molecule has 1 saturated heterocycles. The van der Waals surface area contributed by atoms with Crippen LogP contribution in [0.1, 0.15) is 20.3 Å². The van der Waals surface area contributed by atoms with Crippen LogP contribution in [-0.2, 0) is 4.79 Å². The van der Waals surface area contributed by atoms with Gasteiger partial charge in [0, 0.05) is 30.1 Å². The predicted molar refractivity (Wildman–Crippen MR) is 76.0 cm³/mol. The highest BCUT2D eigenvalue weighted by Gasteiger charge is 2.51. The molecule has 0 saturated carbocycles. The van der Waals surface area contributed by atoms with Crippen molar-refractivity contribution in [2.75, 3.05) is 18.0 Å². The molecule has 0 amide bonds. The second kappa shape index (κ2) is 4.17. The average Bonchev–Trinajstić information content (AvgIpc) is 2.40. The number of nitriles is 1. The Hall–Kier alpha value is -2.15. The summed E-state index contributed by atoms with van der Waals surface area (Å²) in [6, 6.07) is 6.03. The molecule has 0 aromatic carbocycles. The molecule has 0 N–H and O–H groups in total. The molecule has 102 valence electrons. The van der Waals surface area contributed by atoms with Crippen molar-refractivity contribution in [3.05, 3.63) is 36.2 Å². The first-order valence-electron chi connectivity index (χ1n) is 6.79. The van der Waals surface area contributed by atoms with Crippen LogP contribution in [0.2, 0.25) is 0 Å².